The van der Waals surface area contributed by atoms with Crippen LogP contribution in [-0.4, -0.2) is 18.4 Å². The first-order valence-electron chi connectivity index (χ1n) is 7.66. The van der Waals surface area contributed by atoms with Gasteiger partial charge < -0.3 is 16.0 Å². The van der Waals surface area contributed by atoms with Gasteiger partial charge in [0.05, 0.1) is 6.54 Å². The highest BCUT2D eigenvalue weighted by Gasteiger charge is 2.04. The second-order valence-corrected chi connectivity index (χ2v) is 5.14. The quantitative estimate of drug-likeness (QED) is 0.733. The van der Waals surface area contributed by atoms with Gasteiger partial charge in [-0.25, -0.2) is 0 Å². The van der Waals surface area contributed by atoms with E-state index >= 15 is 0 Å². The van der Waals surface area contributed by atoms with Gasteiger partial charge in [0.25, 0.3) is 0 Å². The summed E-state index contributed by atoms with van der Waals surface area (Å²) in [7, 11) is 0. The number of amides is 2. The maximum absolute atomic E-state index is 11.9. The maximum atomic E-state index is 11.9. The number of hydrogen-bond donors (Lipinski definition) is 3. The minimum Gasteiger partial charge on any atom is -0.376 e. The number of carbonyl (C=O) groups is 2. The Kier molecular flexibility index (Phi) is 6.17. The van der Waals surface area contributed by atoms with E-state index < -0.39 is 0 Å². The highest BCUT2D eigenvalue weighted by Crippen LogP contribution is 2.14. The molecule has 0 bridgehead atoms. The third kappa shape index (κ3) is 5.82. The van der Waals surface area contributed by atoms with Crippen molar-refractivity contribution in [3.63, 3.8) is 0 Å². The second-order valence-electron chi connectivity index (χ2n) is 5.14. The van der Waals surface area contributed by atoms with E-state index in [-0.39, 0.29) is 18.4 Å². The van der Waals surface area contributed by atoms with E-state index in [2.05, 4.69) is 16.0 Å². The minimum absolute atomic E-state index is 0.00338. The van der Waals surface area contributed by atoms with Crippen LogP contribution in [0.25, 0.3) is 0 Å². The van der Waals surface area contributed by atoms with Crippen molar-refractivity contribution in [2.24, 2.45) is 0 Å². The zero-order valence-corrected chi connectivity index (χ0v) is 13.1. The lowest BCUT2D eigenvalue weighted by atomic mass is 10.2. The SMILES string of the molecule is CCCC(=O)Nc1ccc(NC(=O)CNc2ccccc2)cc1. The lowest BCUT2D eigenvalue weighted by Crippen LogP contribution is -2.21. The molecule has 23 heavy (non-hydrogen) atoms. The molecule has 0 radical (unpaired) electrons. The molecule has 0 unspecified atom stereocenters. The molecule has 5 nitrogen and oxygen atoms in total. The van der Waals surface area contributed by atoms with Crippen molar-refractivity contribution in [1.82, 2.24) is 0 Å². The van der Waals surface area contributed by atoms with Gasteiger partial charge in [-0.3, -0.25) is 9.59 Å². The number of rotatable bonds is 7. The predicted octanol–water partition coefficient (Wildman–Crippen LogP) is 3.48. The predicted molar refractivity (Wildman–Crippen MR) is 93.5 cm³/mol. The molecule has 0 aliphatic heterocycles. The maximum Gasteiger partial charge on any atom is 0.243 e. The Labute approximate surface area is 136 Å². The summed E-state index contributed by atoms with van der Waals surface area (Å²) in [6, 6.07) is 16.6. The standard InChI is InChI=1S/C18H21N3O2/c1-2-6-17(22)20-15-9-11-16(12-10-15)21-18(23)13-19-14-7-4-3-5-8-14/h3-5,7-12,19H,2,6,13H2,1H3,(H,20,22)(H,21,23). The summed E-state index contributed by atoms with van der Waals surface area (Å²) >= 11 is 0. The first-order chi connectivity index (χ1) is 11.2. The smallest absolute Gasteiger partial charge is 0.243 e. The van der Waals surface area contributed by atoms with E-state index in [4.69, 9.17) is 0 Å². The molecule has 0 heterocycles. The van der Waals surface area contributed by atoms with Crippen molar-refractivity contribution in [3.8, 4) is 0 Å². The molecule has 120 valence electrons. The average molecular weight is 311 g/mol. The Hall–Kier alpha value is -2.82. The molecule has 2 amide bonds. The number of anilines is 3. The van der Waals surface area contributed by atoms with Crippen LogP contribution >= 0.6 is 0 Å². The summed E-state index contributed by atoms with van der Waals surface area (Å²) in [5.41, 5.74) is 2.32. The number of para-hydroxylation sites is 1. The lowest BCUT2D eigenvalue weighted by Gasteiger charge is -2.09. The Bertz CT molecular complexity index is 639. The zero-order chi connectivity index (χ0) is 16.5. The number of nitrogens with one attached hydrogen (secondary N) is 3. The van der Waals surface area contributed by atoms with Crippen LogP contribution in [0.1, 0.15) is 19.8 Å². The molecule has 0 aromatic heterocycles. The molecule has 0 aliphatic carbocycles. The second kappa shape index (κ2) is 8.58. The highest BCUT2D eigenvalue weighted by molar-refractivity contribution is 5.94. The molecule has 3 N–H and O–H groups in total. The molecule has 0 spiro atoms. The van der Waals surface area contributed by atoms with Gasteiger partial charge >= 0.3 is 0 Å². The molecule has 0 saturated carbocycles. The van der Waals surface area contributed by atoms with Crippen LogP contribution in [0, 0.1) is 0 Å². The van der Waals surface area contributed by atoms with Crippen LogP contribution in [0.15, 0.2) is 54.6 Å². The van der Waals surface area contributed by atoms with Crippen molar-refractivity contribution in [1.29, 1.82) is 0 Å². The molecular formula is C18H21N3O2. The van der Waals surface area contributed by atoms with Gasteiger partial charge in [0.15, 0.2) is 0 Å². The van der Waals surface area contributed by atoms with Crippen LogP contribution in [0.3, 0.4) is 0 Å². The van der Waals surface area contributed by atoms with Crippen LogP contribution in [0.5, 0.6) is 0 Å². The van der Waals surface area contributed by atoms with Crippen molar-refractivity contribution in [2.75, 3.05) is 22.5 Å². The molecule has 0 aliphatic rings. The summed E-state index contributed by atoms with van der Waals surface area (Å²) in [5, 5.41) is 8.66. The average Bonchev–Trinajstić information content (AvgIpc) is 2.56. The van der Waals surface area contributed by atoms with Gasteiger partial charge in [0.2, 0.25) is 11.8 Å². The Balaban J connectivity index is 1.80. The fourth-order valence-electron chi connectivity index (χ4n) is 2.03. The Morgan fingerprint density at radius 3 is 1.91 bits per heavy atom. The Morgan fingerprint density at radius 1 is 0.783 bits per heavy atom. The van der Waals surface area contributed by atoms with E-state index in [9.17, 15) is 9.59 Å². The van der Waals surface area contributed by atoms with Crippen molar-refractivity contribution in [3.05, 3.63) is 54.6 Å². The summed E-state index contributed by atoms with van der Waals surface area (Å²) in [4.78, 5) is 23.4. The molecule has 0 saturated heterocycles. The zero-order valence-electron chi connectivity index (χ0n) is 13.1. The molecule has 0 fully saturated rings. The van der Waals surface area contributed by atoms with E-state index in [1.807, 2.05) is 37.3 Å². The largest absolute Gasteiger partial charge is 0.376 e. The fourth-order valence-corrected chi connectivity index (χ4v) is 2.03. The first-order valence-corrected chi connectivity index (χ1v) is 7.66. The molecule has 5 heteroatoms. The normalized spacial score (nSPS) is 9.96. The minimum atomic E-state index is -0.128. The van der Waals surface area contributed by atoms with Gasteiger partial charge in [0, 0.05) is 23.5 Å². The van der Waals surface area contributed by atoms with E-state index in [1.54, 1.807) is 24.3 Å². The topological polar surface area (TPSA) is 70.2 Å². The van der Waals surface area contributed by atoms with E-state index in [1.165, 1.54) is 0 Å². The van der Waals surface area contributed by atoms with Gasteiger partial charge in [-0.1, -0.05) is 25.1 Å². The van der Waals surface area contributed by atoms with Crippen molar-refractivity contribution < 1.29 is 9.59 Å². The van der Waals surface area contributed by atoms with E-state index in [0.29, 0.717) is 12.1 Å². The highest BCUT2D eigenvalue weighted by atomic mass is 16.2. The summed E-state index contributed by atoms with van der Waals surface area (Å²) in [6.45, 7) is 2.15. The Morgan fingerprint density at radius 2 is 1.35 bits per heavy atom. The third-order valence-corrected chi connectivity index (χ3v) is 3.16. The van der Waals surface area contributed by atoms with Crippen LogP contribution in [0.4, 0.5) is 17.1 Å². The summed E-state index contributed by atoms with van der Waals surface area (Å²) in [5.74, 6) is -0.132. The van der Waals surface area contributed by atoms with Crippen LogP contribution in [0.2, 0.25) is 0 Å². The monoisotopic (exact) mass is 311 g/mol. The third-order valence-electron chi connectivity index (χ3n) is 3.16. The summed E-state index contributed by atoms with van der Waals surface area (Å²) in [6.07, 6.45) is 1.32. The van der Waals surface area contributed by atoms with Gasteiger partial charge in [-0.15, -0.1) is 0 Å². The van der Waals surface area contributed by atoms with E-state index in [0.717, 1.165) is 17.8 Å². The van der Waals surface area contributed by atoms with Crippen molar-refractivity contribution in [2.45, 2.75) is 19.8 Å². The molecule has 2 aromatic carbocycles. The van der Waals surface area contributed by atoms with Crippen molar-refractivity contribution >= 4 is 28.9 Å². The number of hydrogen-bond acceptors (Lipinski definition) is 3. The number of benzene rings is 2. The molecular weight excluding hydrogens is 290 g/mol. The summed E-state index contributed by atoms with van der Waals surface area (Å²) < 4.78 is 0. The molecule has 2 rings (SSSR count). The van der Waals surface area contributed by atoms with Crippen LogP contribution in [-0.2, 0) is 9.59 Å². The lowest BCUT2D eigenvalue weighted by molar-refractivity contribution is -0.116. The fraction of sp³-hybridized carbons (Fsp3) is 0.222. The van der Waals surface area contributed by atoms with Gasteiger partial charge in [-0.2, -0.15) is 0 Å². The van der Waals surface area contributed by atoms with Crippen LogP contribution < -0.4 is 16.0 Å². The molecule has 0 atom stereocenters. The van der Waals surface area contributed by atoms with Gasteiger partial charge in [-0.05, 0) is 42.8 Å². The number of carbonyl (C=O) groups excluding carboxylic acids is 2. The first kappa shape index (κ1) is 16.5. The molecule has 2 aromatic rings. The van der Waals surface area contributed by atoms with Gasteiger partial charge in [0.1, 0.15) is 0 Å².